The number of aromatic nitrogens is 1. The molecule has 3 heteroatoms. The molecule has 0 saturated heterocycles. The number of hydrogen-bond acceptors (Lipinski definition) is 0. The summed E-state index contributed by atoms with van der Waals surface area (Å²) < 4.78 is 2.17. The predicted octanol–water partition coefficient (Wildman–Crippen LogP) is 4.65. The normalized spacial score (nSPS) is 11.6. The van der Waals surface area contributed by atoms with Crippen molar-refractivity contribution in [1.82, 2.24) is 4.57 Å². The van der Waals surface area contributed by atoms with Crippen LogP contribution in [0.25, 0.3) is 10.9 Å². The third-order valence-electron chi connectivity index (χ3n) is 2.54. The summed E-state index contributed by atoms with van der Waals surface area (Å²) in [6, 6.07) is 6.20. The van der Waals surface area contributed by atoms with Crippen molar-refractivity contribution in [2.24, 2.45) is 0 Å². The quantitative estimate of drug-likeness (QED) is 0.703. The van der Waals surface area contributed by atoms with E-state index in [1.165, 1.54) is 11.4 Å². The van der Waals surface area contributed by atoms with Crippen LogP contribution >= 0.6 is 23.2 Å². The van der Waals surface area contributed by atoms with Crippen molar-refractivity contribution in [2.45, 2.75) is 26.3 Å². The maximum Gasteiger partial charge on any atom is 0.0661 e. The summed E-state index contributed by atoms with van der Waals surface area (Å²) in [5.74, 6) is 1.88. The van der Waals surface area contributed by atoms with Gasteiger partial charge in [0.2, 0.25) is 0 Å². The lowest BCUT2D eigenvalue weighted by atomic mass is 10.2. The lowest BCUT2D eigenvalue weighted by Crippen LogP contribution is -2.00. The minimum Gasteiger partial charge on any atom is -0.345 e. The van der Waals surface area contributed by atoms with E-state index in [9.17, 15) is 0 Å². The first-order chi connectivity index (χ1) is 7.61. The van der Waals surface area contributed by atoms with Crippen LogP contribution in [0.3, 0.4) is 0 Å². The third-order valence-corrected chi connectivity index (χ3v) is 3.15. The summed E-state index contributed by atoms with van der Waals surface area (Å²) in [4.78, 5) is 0. The molecule has 0 N–H and O–H groups in total. The van der Waals surface area contributed by atoms with E-state index in [1.807, 2.05) is 12.3 Å². The molecule has 0 amide bonds. The van der Waals surface area contributed by atoms with Gasteiger partial charge in [-0.05, 0) is 23.6 Å². The Labute approximate surface area is 106 Å². The average molecular weight is 255 g/mol. The maximum atomic E-state index is 6.22. The molecule has 0 aliphatic rings. The van der Waals surface area contributed by atoms with Gasteiger partial charge < -0.3 is 4.57 Å². The zero-order valence-electron chi connectivity index (χ0n) is 9.43. The van der Waals surface area contributed by atoms with Crippen molar-refractivity contribution in [3.05, 3.63) is 40.9 Å². The van der Waals surface area contributed by atoms with Gasteiger partial charge in [0, 0.05) is 29.5 Å². The molecule has 1 radical (unpaired) electrons. The highest BCUT2D eigenvalue weighted by Gasteiger charge is 2.08. The topological polar surface area (TPSA) is 4.93 Å². The van der Waals surface area contributed by atoms with Gasteiger partial charge in [-0.1, -0.05) is 31.5 Å². The lowest BCUT2D eigenvalue weighted by molar-refractivity contribution is 0.738. The van der Waals surface area contributed by atoms with Crippen LogP contribution in [-0.2, 0) is 12.4 Å². The second kappa shape index (κ2) is 4.68. The number of rotatable bonds is 3. The first-order valence-corrected chi connectivity index (χ1v) is 6.15. The fourth-order valence-electron chi connectivity index (χ4n) is 1.86. The van der Waals surface area contributed by atoms with Gasteiger partial charge in [-0.3, -0.25) is 0 Å². The molecule has 0 saturated carbocycles. The van der Waals surface area contributed by atoms with E-state index < -0.39 is 0 Å². The number of benzene rings is 1. The minimum absolute atomic E-state index is 0.524. The highest BCUT2D eigenvalue weighted by molar-refractivity contribution is 6.35. The van der Waals surface area contributed by atoms with Gasteiger partial charge in [0.15, 0.2) is 0 Å². The molecular weight excluding hydrogens is 241 g/mol. The molecule has 0 fully saturated rings. The van der Waals surface area contributed by atoms with E-state index in [4.69, 9.17) is 23.2 Å². The zero-order valence-corrected chi connectivity index (χ0v) is 10.9. The third kappa shape index (κ3) is 2.21. The maximum absolute atomic E-state index is 6.22. The van der Waals surface area contributed by atoms with Gasteiger partial charge >= 0.3 is 0 Å². The summed E-state index contributed by atoms with van der Waals surface area (Å²) in [5, 5.41) is 1.88. The van der Waals surface area contributed by atoms with Gasteiger partial charge in [0.25, 0.3) is 0 Å². The summed E-state index contributed by atoms with van der Waals surface area (Å²) in [7, 11) is 0. The van der Waals surface area contributed by atoms with Crippen LogP contribution in [0.5, 0.6) is 0 Å². The lowest BCUT2D eigenvalue weighted by Gasteiger charge is -2.07. The average Bonchev–Trinajstić information content (AvgIpc) is 2.54. The molecule has 0 atom stereocenters. The van der Waals surface area contributed by atoms with Crippen LogP contribution in [0.1, 0.15) is 19.4 Å². The highest BCUT2D eigenvalue weighted by Crippen LogP contribution is 2.28. The molecule has 0 aliphatic carbocycles. The van der Waals surface area contributed by atoms with Crippen molar-refractivity contribution in [3.8, 4) is 0 Å². The molecule has 1 aromatic carbocycles. The van der Waals surface area contributed by atoms with E-state index in [-0.39, 0.29) is 0 Å². The standard InChI is InChI=1S/C13H14Cl2N/c1-9(2)7-16-8-12(15)11-5-10(6-14)3-4-13(11)16/h3-5,8H,6-7H2,1-2H3. The second-order valence-electron chi connectivity index (χ2n) is 4.30. The van der Waals surface area contributed by atoms with Crippen LogP contribution in [0.2, 0.25) is 5.02 Å². The van der Waals surface area contributed by atoms with E-state index in [1.54, 1.807) is 0 Å². The van der Waals surface area contributed by atoms with E-state index >= 15 is 0 Å². The Morgan fingerprint density at radius 2 is 2.06 bits per heavy atom. The molecule has 1 heterocycles. The van der Waals surface area contributed by atoms with Crippen molar-refractivity contribution in [3.63, 3.8) is 0 Å². The molecule has 1 aromatic heterocycles. The molecule has 16 heavy (non-hydrogen) atoms. The smallest absolute Gasteiger partial charge is 0.0661 e. The van der Waals surface area contributed by atoms with Gasteiger partial charge in [-0.25, -0.2) is 0 Å². The number of fused-ring (bicyclic) bond motifs is 1. The Morgan fingerprint density at radius 3 is 2.69 bits per heavy atom. The SMILES string of the molecule is C[C](C)Cn1cc(Cl)c2cc(CCl)ccc21. The van der Waals surface area contributed by atoms with Crippen LogP contribution in [-0.4, -0.2) is 4.57 Å². The Balaban J connectivity index is 2.53. The minimum atomic E-state index is 0.524. The molecular formula is C13H14Cl2N. The second-order valence-corrected chi connectivity index (χ2v) is 4.97. The highest BCUT2D eigenvalue weighted by atomic mass is 35.5. The van der Waals surface area contributed by atoms with E-state index in [0.29, 0.717) is 5.88 Å². The fourth-order valence-corrected chi connectivity index (χ4v) is 2.29. The van der Waals surface area contributed by atoms with E-state index in [0.717, 1.165) is 22.5 Å². The van der Waals surface area contributed by atoms with Crippen molar-refractivity contribution in [1.29, 1.82) is 0 Å². The predicted molar refractivity (Wildman–Crippen MR) is 71.1 cm³/mol. The van der Waals surface area contributed by atoms with Gasteiger partial charge in [0.05, 0.1) is 5.02 Å². The summed E-state index contributed by atoms with van der Waals surface area (Å²) in [6.45, 7) is 5.14. The van der Waals surface area contributed by atoms with Crippen LogP contribution in [0.15, 0.2) is 24.4 Å². The number of halogens is 2. The molecule has 0 bridgehead atoms. The summed E-state index contributed by atoms with van der Waals surface area (Å²) in [6.07, 6.45) is 1.98. The zero-order chi connectivity index (χ0) is 11.7. The molecule has 0 aliphatic heterocycles. The largest absolute Gasteiger partial charge is 0.345 e. The van der Waals surface area contributed by atoms with Gasteiger partial charge in [-0.15, -0.1) is 11.6 Å². The first kappa shape index (κ1) is 11.8. The number of hydrogen-bond donors (Lipinski definition) is 0. The number of alkyl halides is 1. The number of nitrogens with zero attached hydrogens (tertiary/aromatic N) is 1. The van der Waals surface area contributed by atoms with Crippen LogP contribution in [0, 0.1) is 5.92 Å². The Bertz CT molecular complexity index is 500. The summed E-state index contributed by atoms with van der Waals surface area (Å²) in [5.41, 5.74) is 2.27. The Morgan fingerprint density at radius 1 is 1.31 bits per heavy atom. The van der Waals surface area contributed by atoms with Crippen molar-refractivity contribution < 1.29 is 0 Å². The molecule has 0 spiro atoms. The van der Waals surface area contributed by atoms with Crippen molar-refractivity contribution in [2.75, 3.05) is 0 Å². The molecule has 85 valence electrons. The van der Waals surface area contributed by atoms with Gasteiger partial charge in [-0.2, -0.15) is 0 Å². The Hall–Kier alpha value is -0.660. The molecule has 2 aromatic rings. The molecule has 1 nitrogen and oxygen atoms in total. The Kier molecular flexibility index (Phi) is 3.46. The van der Waals surface area contributed by atoms with E-state index in [2.05, 4.69) is 30.5 Å². The summed E-state index contributed by atoms with van der Waals surface area (Å²) >= 11 is 12.0. The van der Waals surface area contributed by atoms with Crippen LogP contribution in [0.4, 0.5) is 0 Å². The first-order valence-electron chi connectivity index (χ1n) is 5.24. The van der Waals surface area contributed by atoms with Crippen LogP contribution < -0.4 is 0 Å². The fraction of sp³-hybridized carbons (Fsp3) is 0.308. The molecule has 0 unspecified atom stereocenters. The molecule has 2 rings (SSSR count). The monoisotopic (exact) mass is 254 g/mol. The van der Waals surface area contributed by atoms with Gasteiger partial charge in [0.1, 0.15) is 0 Å². The van der Waals surface area contributed by atoms with Crippen molar-refractivity contribution >= 4 is 34.1 Å².